The van der Waals surface area contributed by atoms with E-state index in [-0.39, 0.29) is 12.0 Å². The lowest BCUT2D eigenvalue weighted by Gasteiger charge is -2.34. The zero-order valence-electron chi connectivity index (χ0n) is 20.9. The summed E-state index contributed by atoms with van der Waals surface area (Å²) in [5.74, 6) is 0.743. The van der Waals surface area contributed by atoms with Gasteiger partial charge in [-0.3, -0.25) is 0 Å². The fraction of sp³-hybridized carbons (Fsp3) is 0.481. The molecule has 0 aliphatic heterocycles. The highest BCUT2D eigenvalue weighted by Gasteiger charge is 2.31. The average molecular weight is 503 g/mol. The first-order valence-electron chi connectivity index (χ1n) is 12.0. The second kappa shape index (κ2) is 12.2. The number of aryl methyl sites for hydroxylation is 1. The third-order valence-electron chi connectivity index (χ3n) is 5.69. The van der Waals surface area contributed by atoms with Crippen LogP contribution >= 0.6 is 11.6 Å². The molecule has 0 heterocycles. The summed E-state index contributed by atoms with van der Waals surface area (Å²) in [5.41, 5.74) is 2.92. The van der Waals surface area contributed by atoms with Gasteiger partial charge in [-0.25, -0.2) is 9.59 Å². The summed E-state index contributed by atoms with van der Waals surface area (Å²) in [4.78, 5) is 24.1. The Kier molecular flexibility index (Phi) is 9.26. The summed E-state index contributed by atoms with van der Waals surface area (Å²) in [6.07, 6.45) is 1.50. The van der Waals surface area contributed by atoms with Crippen LogP contribution in [-0.4, -0.2) is 43.6 Å². The van der Waals surface area contributed by atoms with Crippen molar-refractivity contribution in [2.24, 2.45) is 0 Å². The van der Waals surface area contributed by atoms with Gasteiger partial charge >= 0.3 is 12.2 Å². The predicted octanol–water partition coefficient (Wildman–Crippen LogP) is 5.63. The maximum absolute atomic E-state index is 12.2. The van der Waals surface area contributed by atoms with Crippen molar-refractivity contribution in [3.8, 4) is 5.75 Å². The molecule has 0 radical (unpaired) electrons. The number of carbonyl (C=O) groups is 2. The summed E-state index contributed by atoms with van der Waals surface area (Å²) in [6.45, 7) is 8.20. The van der Waals surface area contributed by atoms with Crippen molar-refractivity contribution in [2.45, 2.75) is 64.5 Å². The summed E-state index contributed by atoms with van der Waals surface area (Å²) in [6, 6.07) is 13.8. The van der Waals surface area contributed by atoms with Gasteiger partial charge in [-0.2, -0.15) is 0 Å². The van der Waals surface area contributed by atoms with Gasteiger partial charge in [0, 0.05) is 17.0 Å². The van der Waals surface area contributed by atoms with E-state index in [9.17, 15) is 9.59 Å². The van der Waals surface area contributed by atoms with Crippen molar-refractivity contribution < 1.29 is 23.8 Å². The zero-order chi connectivity index (χ0) is 25.4. The van der Waals surface area contributed by atoms with E-state index in [1.165, 1.54) is 5.56 Å². The quantitative estimate of drug-likeness (QED) is 0.457. The molecule has 3 rings (SSSR count). The van der Waals surface area contributed by atoms with Gasteiger partial charge in [0.2, 0.25) is 0 Å². The van der Waals surface area contributed by atoms with Crippen LogP contribution in [0.1, 0.15) is 56.7 Å². The molecule has 2 aromatic rings. The third-order valence-corrected chi connectivity index (χ3v) is 5.92. The highest BCUT2D eigenvalue weighted by atomic mass is 35.5. The molecule has 1 aliphatic rings. The van der Waals surface area contributed by atoms with E-state index in [1.54, 1.807) is 6.92 Å². The second-order valence-corrected chi connectivity index (χ2v) is 10.0. The molecule has 35 heavy (non-hydrogen) atoms. The van der Waals surface area contributed by atoms with E-state index in [2.05, 4.69) is 16.7 Å². The predicted molar refractivity (Wildman–Crippen MR) is 136 cm³/mol. The molecule has 0 aromatic heterocycles. The molecule has 8 heteroatoms. The minimum absolute atomic E-state index is 0.0325. The molecule has 2 atom stereocenters. The Labute approximate surface area is 212 Å². The monoisotopic (exact) mass is 502 g/mol. The van der Waals surface area contributed by atoms with Gasteiger partial charge in [-0.05, 0) is 87.9 Å². The van der Waals surface area contributed by atoms with Gasteiger partial charge in [0.25, 0.3) is 0 Å². The van der Waals surface area contributed by atoms with E-state index in [0.717, 1.165) is 24.0 Å². The minimum atomic E-state index is -0.546. The molecule has 1 aliphatic carbocycles. The summed E-state index contributed by atoms with van der Waals surface area (Å²) in [7, 11) is 0. The standard InChI is InChI=1S/C27H35ClN2O5/c1-5-33-26(32)30-24-12-10-19-9-11-21(34-14-13-29-25(31)35-27(2,3)4)17-22(19)23(24)16-18-7-6-8-20(28)15-18/h6-9,11,15,17,23-24H,5,10,12-14,16H2,1-4H3,(H,29,31)(H,30,32). The molecule has 2 unspecified atom stereocenters. The van der Waals surface area contributed by atoms with Crippen molar-refractivity contribution >= 4 is 23.8 Å². The summed E-state index contributed by atoms with van der Waals surface area (Å²) >= 11 is 6.23. The third kappa shape index (κ3) is 8.35. The molecule has 0 saturated heterocycles. The van der Waals surface area contributed by atoms with Crippen LogP contribution in [0.25, 0.3) is 0 Å². The summed E-state index contributed by atoms with van der Waals surface area (Å²) < 4.78 is 16.3. The molecule has 0 bridgehead atoms. The number of rotatable bonds is 8. The number of ether oxygens (including phenoxy) is 3. The Morgan fingerprint density at radius 3 is 2.63 bits per heavy atom. The van der Waals surface area contributed by atoms with Crippen molar-refractivity contribution in [1.29, 1.82) is 0 Å². The Bertz CT molecular complexity index is 1020. The lowest BCUT2D eigenvalue weighted by molar-refractivity contribution is 0.0520. The Balaban J connectivity index is 1.73. The fourth-order valence-corrected chi connectivity index (χ4v) is 4.48. The Morgan fingerprint density at radius 2 is 1.91 bits per heavy atom. The van der Waals surface area contributed by atoms with Gasteiger partial charge < -0.3 is 24.8 Å². The average Bonchev–Trinajstić information content (AvgIpc) is 2.77. The van der Waals surface area contributed by atoms with Crippen LogP contribution in [0.3, 0.4) is 0 Å². The lowest BCUT2D eigenvalue weighted by atomic mass is 9.76. The van der Waals surface area contributed by atoms with Crippen LogP contribution < -0.4 is 15.4 Å². The number of benzene rings is 2. The second-order valence-electron chi connectivity index (χ2n) is 9.59. The normalized spacial score (nSPS) is 17.2. The van der Waals surface area contributed by atoms with E-state index in [4.69, 9.17) is 25.8 Å². The first-order valence-corrected chi connectivity index (χ1v) is 12.4. The van der Waals surface area contributed by atoms with Crippen LogP contribution in [-0.2, 0) is 22.3 Å². The number of halogens is 1. The van der Waals surface area contributed by atoms with Crippen molar-refractivity contribution in [1.82, 2.24) is 10.6 Å². The lowest BCUT2D eigenvalue weighted by Crippen LogP contribution is -2.43. The minimum Gasteiger partial charge on any atom is -0.492 e. The molecule has 2 aromatic carbocycles. The maximum Gasteiger partial charge on any atom is 0.407 e. The topological polar surface area (TPSA) is 85.9 Å². The molecular formula is C27H35ClN2O5. The zero-order valence-corrected chi connectivity index (χ0v) is 21.6. The van der Waals surface area contributed by atoms with Crippen LogP contribution in [0.5, 0.6) is 5.75 Å². The largest absolute Gasteiger partial charge is 0.492 e. The number of fused-ring (bicyclic) bond motifs is 1. The number of amides is 2. The number of nitrogens with one attached hydrogen (secondary N) is 2. The van der Waals surface area contributed by atoms with Gasteiger partial charge in [-0.1, -0.05) is 29.8 Å². The SMILES string of the molecule is CCOC(=O)NC1CCc2ccc(OCCNC(=O)OC(C)(C)C)cc2C1Cc1cccc(Cl)c1. The Hall–Kier alpha value is -2.93. The van der Waals surface area contributed by atoms with Crippen LogP contribution in [0.4, 0.5) is 9.59 Å². The van der Waals surface area contributed by atoms with Gasteiger partial charge in [-0.15, -0.1) is 0 Å². The van der Waals surface area contributed by atoms with Crippen LogP contribution in [0.2, 0.25) is 5.02 Å². The molecule has 0 fully saturated rings. The fourth-order valence-electron chi connectivity index (χ4n) is 4.27. The number of alkyl carbamates (subject to hydrolysis) is 2. The first kappa shape index (κ1) is 26.7. The van der Waals surface area contributed by atoms with E-state index in [0.29, 0.717) is 37.0 Å². The maximum atomic E-state index is 12.2. The van der Waals surface area contributed by atoms with E-state index < -0.39 is 17.8 Å². The van der Waals surface area contributed by atoms with Gasteiger partial charge in [0.05, 0.1) is 13.2 Å². The number of carbonyl (C=O) groups excluding carboxylic acids is 2. The van der Waals surface area contributed by atoms with Gasteiger partial charge in [0.15, 0.2) is 0 Å². The van der Waals surface area contributed by atoms with Crippen LogP contribution in [0, 0.1) is 0 Å². The van der Waals surface area contributed by atoms with Crippen molar-refractivity contribution in [3.05, 3.63) is 64.2 Å². The highest BCUT2D eigenvalue weighted by Crippen LogP contribution is 2.37. The molecule has 2 amide bonds. The highest BCUT2D eigenvalue weighted by molar-refractivity contribution is 6.30. The van der Waals surface area contributed by atoms with Crippen molar-refractivity contribution in [3.63, 3.8) is 0 Å². The number of hydrogen-bond donors (Lipinski definition) is 2. The van der Waals surface area contributed by atoms with E-state index >= 15 is 0 Å². The Morgan fingerprint density at radius 1 is 1.11 bits per heavy atom. The van der Waals surface area contributed by atoms with Crippen LogP contribution in [0.15, 0.2) is 42.5 Å². The first-order chi connectivity index (χ1) is 16.6. The molecule has 0 spiro atoms. The van der Waals surface area contributed by atoms with Gasteiger partial charge in [0.1, 0.15) is 18.0 Å². The molecule has 190 valence electrons. The number of hydrogen-bond acceptors (Lipinski definition) is 5. The smallest absolute Gasteiger partial charge is 0.407 e. The molecule has 0 saturated carbocycles. The molecular weight excluding hydrogens is 468 g/mol. The van der Waals surface area contributed by atoms with Crippen molar-refractivity contribution in [2.75, 3.05) is 19.8 Å². The molecule has 7 nitrogen and oxygen atoms in total. The summed E-state index contributed by atoms with van der Waals surface area (Å²) in [5, 5.41) is 6.43. The molecule has 2 N–H and O–H groups in total. The van der Waals surface area contributed by atoms with E-state index in [1.807, 2.05) is 57.2 Å².